The third-order valence-corrected chi connectivity index (χ3v) is 10.2. The van der Waals surface area contributed by atoms with Gasteiger partial charge in [-0.3, -0.25) is 19.7 Å². The molecule has 0 saturated carbocycles. The first-order valence-electron chi connectivity index (χ1n) is 13.1. The number of hydrogen-bond donors (Lipinski definition) is 1. The standard InChI is InChI=1S/C26H30N4O9S3/c1-4-39-10-9-29-18-8-6-16(30(34)35)12-20(18)41-26(29)28-22(32)14-42(36,37)13-21(31)27-24-23(25(33)38-3)17-7-5-15(2)11-19(17)40-24/h6,8,12,15H,4-5,7,9-11,13-14H2,1-3H3,(H,27,31). The number of nitrogens with zero attached hydrogens (tertiary/aromatic N) is 3. The number of benzene rings is 1. The molecule has 4 rings (SSSR count). The van der Waals surface area contributed by atoms with Crippen molar-refractivity contribution in [1.82, 2.24) is 4.57 Å². The molecule has 1 aliphatic rings. The van der Waals surface area contributed by atoms with Crippen LogP contribution in [0.4, 0.5) is 10.7 Å². The average Bonchev–Trinajstić information content (AvgIpc) is 3.43. The van der Waals surface area contributed by atoms with E-state index in [-0.39, 0.29) is 34.2 Å². The fraction of sp³-hybridized carbons (Fsp3) is 0.462. The van der Waals surface area contributed by atoms with Crippen molar-refractivity contribution in [3.8, 4) is 0 Å². The molecular formula is C26H30N4O9S3. The van der Waals surface area contributed by atoms with Crippen LogP contribution in [0.5, 0.6) is 0 Å². The molecule has 0 radical (unpaired) electrons. The van der Waals surface area contributed by atoms with Gasteiger partial charge in [-0.25, -0.2) is 13.2 Å². The molecule has 0 fully saturated rings. The van der Waals surface area contributed by atoms with Crippen molar-refractivity contribution in [2.75, 3.05) is 37.1 Å². The number of nitrogens with one attached hydrogen (secondary N) is 1. The number of carbonyl (C=O) groups excluding carboxylic acids is 3. The van der Waals surface area contributed by atoms with Crippen LogP contribution < -0.4 is 10.1 Å². The van der Waals surface area contributed by atoms with Crippen LogP contribution in [0.3, 0.4) is 0 Å². The number of hydrogen-bond acceptors (Lipinski definition) is 11. The number of carbonyl (C=O) groups is 3. The van der Waals surface area contributed by atoms with Crippen LogP contribution in [-0.2, 0) is 48.3 Å². The summed E-state index contributed by atoms with van der Waals surface area (Å²) in [5.74, 6) is -4.10. The number of nitro benzene ring substituents is 1. The van der Waals surface area contributed by atoms with Crippen LogP contribution in [0.25, 0.3) is 10.2 Å². The van der Waals surface area contributed by atoms with Crippen molar-refractivity contribution < 1.29 is 37.2 Å². The summed E-state index contributed by atoms with van der Waals surface area (Å²) in [5, 5.41) is 14.0. The Balaban J connectivity index is 1.53. The van der Waals surface area contributed by atoms with E-state index in [1.54, 1.807) is 4.57 Å². The molecule has 1 aliphatic carbocycles. The van der Waals surface area contributed by atoms with Gasteiger partial charge in [0.25, 0.3) is 11.6 Å². The molecule has 13 nitrogen and oxygen atoms in total. The molecule has 0 saturated heterocycles. The third-order valence-electron chi connectivity index (χ3n) is 6.61. The Kier molecular flexibility index (Phi) is 9.91. The van der Waals surface area contributed by atoms with E-state index in [0.717, 1.165) is 34.6 Å². The van der Waals surface area contributed by atoms with E-state index in [0.29, 0.717) is 29.2 Å². The minimum atomic E-state index is -4.24. The molecule has 2 aromatic heterocycles. The van der Waals surface area contributed by atoms with Crippen molar-refractivity contribution in [3.05, 3.63) is 49.1 Å². The van der Waals surface area contributed by atoms with Gasteiger partial charge in [-0.05, 0) is 43.7 Å². The van der Waals surface area contributed by atoms with Crippen molar-refractivity contribution in [2.45, 2.75) is 39.7 Å². The van der Waals surface area contributed by atoms with E-state index in [4.69, 9.17) is 9.47 Å². The number of methoxy groups -OCH3 is 1. The molecule has 16 heteroatoms. The second-order valence-corrected chi connectivity index (χ2v) is 14.0. The zero-order valence-electron chi connectivity index (χ0n) is 23.2. The fourth-order valence-corrected chi connectivity index (χ4v) is 8.21. The summed E-state index contributed by atoms with van der Waals surface area (Å²) in [6.07, 6.45) is 2.27. The molecule has 2 amide bonds. The van der Waals surface area contributed by atoms with E-state index < -0.39 is 44.0 Å². The quantitative estimate of drug-likeness (QED) is 0.143. The zero-order valence-corrected chi connectivity index (χ0v) is 25.7. The minimum absolute atomic E-state index is 0.136. The van der Waals surface area contributed by atoms with E-state index >= 15 is 0 Å². The van der Waals surface area contributed by atoms with Gasteiger partial charge in [-0.1, -0.05) is 18.3 Å². The predicted molar refractivity (Wildman–Crippen MR) is 158 cm³/mol. The number of nitro groups is 1. The molecule has 1 aromatic carbocycles. The summed E-state index contributed by atoms with van der Waals surface area (Å²) in [6, 6.07) is 4.22. The Bertz CT molecular complexity index is 1720. The van der Waals surface area contributed by atoms with Gasteiger partial charge in [-0.2, -0.15) is 4.99 Å². The maximum atomic E-state index is 12.8. The molecule has 0 aliphatic heterocycles. The Hall–Kier alpha value is -3.47. The van der Waals surface area contributed by atoms with Crippen molar-refractivity contribution in [3.63, 3.8) is 0 Å². The molecule has 1 atom stereocenters. The van der Waals surface area contributed by atoms with Crippen LogP contribution in [-0.4, -0.2) is 67.5 Å². The summed E-state index contributed by atoms with van der Waals surface area (Å²) in [5.41, 5.74) is 1.49. The number of aromatic nitrogens is 1. The molecule has 226 valence electrons. The van der Waals surface area contributed by atoms with Crippen LogP contribution in [0.2, 0.25) is 0 Å². The smallest absolute Gasteiger partial charge is 0.341 e. The number of fused-ring (bicyclic) bond motifs is 2. The average molecular weight is 639 g/mol. The lowest BCUT2D eigenvalue weighted by atomic mass is 9.88. The minimum Gasteiger partial charge on any atom is -0.465 e. The van der Waals surface area contributed by atoms with Gasteiger partial charge >= 0.3 is 5.97 Å². The van der Waals surface area contributed by atoms with Gasteiger partial charge in [0.05, 0.1) is 34.4 Å². The molecule has 42 heavy (non-hydrogen) atoms. The first-order chi connectivity index (χ1) is 19.9. The van der Waals surface area contributed by atoms with Crippen molar-refractivity contribution in [1.29, 1.82) is 0 Å². The number of amides is 2. The largest absolute Gasteiger partial charge is 0.465 e. The molecule has 2 heterocycles. The highest BCUT2D eigenvalue weighted by atomic mass is 32.2. The summed E-state index contributed by atoms with van der Waals surface area (Å²) in [6.45, 7) is 4.92. The number of sulfone groups is 1. The summed E-state index contributed by atoms with van der Waals surface area (Å²) >= 11 is 2.23. The highest BCUT2D eigenvalue weighted by Crippen LogP contribution is 2.40. The number of anilines is 1. The summed E-state index contributed by atoms with van der Waals surface area (Å²) in [7, 11) is -3.00. The van der Waals surface area contributed by atoms with Crippen LogP contribution >= 0.6 is 22.7 Å². The van der Waals surface area contributed by atoms with Gasteiger partial charge in [0, 0.05) is 30.2 Å². The van der Waals surface area contributed by atoms with E-state index in [1.807, 2.05) is 6.92 Å². The van der Waals surface area contributed by atoms with Crippen LogP contribution in [0.15, 0.2) is 23.2 Å². The number of ether oxygens (including phenoxy) is 2. The number of esters is 1. The van der Waals surface area contributed by atoms with E-state index in [1.165, 1.54) is 36.6 Å². The molecular weight excluding hydrogens is 609 g/mol. The van der Waals surface area contributed by atoms with Crippen molar-refractivity contribution >= 4 is 71.2 Å². The number of rotatable bonds is 11. The highest BCUT2D eigenvalue weighted by Gasteiger charge is 2.30. The number of thiophene rings is 1. The zero-order chi connectivity index (χ0) is 30.6. The maximum Gasteiger partial charge on any atom is 0.341 e. The van der Waals surface area contributed by atoms with E-state index in [9.17, 15) is 32.9 Å². The summed E-state index contributed by atoms with van der Waals surface area (Å²) in [4.78, 5) is 53.7. The maximum absolute atomic E-state index is 12.8. The Labute approximate surface area is 249 Å². The monoisotopic (exact) mass is 638 g/mol. The van der Waals surface area contributed by atoms with Crippen molar-refractivity contribution in [2.24, 2.45) is 10.9 Å². The molecule has 0 bridgehead atoms. The highest BCUT2D eigenvalue weighted by molar-refractivity contribution is 7.92. The van der Waals surface area contributed by atoms with Gasteiger partial charge in [0.1, 0.15) is 16.5 Å². The van der Waals surface area contributed by atoms with Crippen LogP contribution in [0, 0.1) is 16.0 Å². The molecule has 3 aromatic rings. The first-order valence-corrected chi connectivity index (χ1v) is 16.5. The third kappa shape index (κ3) is 7.29. The lowest BCUT2D eigenvalue weighted by Crippen LogP contribution is -2.28. The molecule has 0 spiro atoms. The Morgan fingerprint density at radius 2 is 2.00 bits per heavy atom. The number of non-ortho nitro benzene ring substituents is 1. The molecule has 1 N–H and O–H groups in total. The SMILES string of the molecule is CCOCCn1c(=NC(=O)CS(=O)(=O)CC(=O)Nc2sc3c(c2C(=O)OC)CCC(C)C3)sc2cc([N+](=O)[O-])ccc21. The Morgan fingerprint density at radius 1 is 1.24 bits per heavy atom. The summed E-state index contributed by atoms with van der Waals surface area (Å²) < 4.78 is 38.0. The molecule has 1 unspecified atom stereocenters. The topological polar surface area (TPSA) is 176 Å². The predicted octanol–water partition coefficient (Wildman–Crippen LogP) is 3.10. The van der Waals surface area contributed by atoms with Gasteiger partial charge in [0.2, 0.25) is 5.91 Å². The lowest BCUT2D eigenvalue weighted by Gasteiger charge is -2.18. The first kappa shape index (κ1) is 31.5. The van der Waals surface area contributed by atoms with Gasteiger partial charge in [-0.15, -0.1) is 11.3 Å². The normalized spacial score (nSPS) is 15.4. The van der Waals surface area contributed by atoms with Crippen LogP contribution in [0.1, 0.15) is 41.1 Å². The van der Waals surface area contributed by atoms with E-state index in [2.05, 4.69) is 17.2 Å². The fourth-order valence-electron chi connectivity index (χ4n) is 4.67. The second kappa shape index (κ2) is 13.2. The number of thiazole rings is 1. The second-order valence-electron chi connectivity index (χ2n) is 9.78. The lowest BCUT2D eigenvalue weighted by molar-refractivity contribution is -0.384. The Morgan fingerprint density at radius 3 is 2.69 bits per heavy atom. The van der Waals surface area contributed by atoms with Gasteiger partial charge < -0.3 is 19.4 Å². The van der Waals surface area contributed by atoms with Gasteiger partial charge in [0.15, 0.2) is 14.6 Å².